The van der Waals surface area contributed by atoms with Crippen molar-refractivity contribution in [2.75, 3.05) is 0 Å². The molecule has 0 bridgehead atoms. The van der Waals surface area contributed by atoms with Crippen molar-refractivity contribution in [2.24, 2.45) is 0 Å². The maximum atomic E-state index is 9.31. The van der Waals surface area contributed by atoms with Crippen LogP contribution >= 0.6 is 0 Å². The third-order valence-electron chi connectivity index (χ3n) is 0.214. The molecule has 0 amide bonds. The summed E-state index contributed by atoms with van der Waals surface area (Å²) in [5.74, 6) is -0.856. The van der Waals surface area contributed by atoms with Gasteiger partial charge in [-0.15, -0.1) is 0 Å². The molecule has 0 saturated carbocycles. The van der Waals surface area contributed by atoms with Gasteiger partial charge in [0, 0.05) is 0 Å². The molecule has 0 aliphatic carbocycles. The first-order valence-corrected chi connectivity index (χ1v) is 1.28. The van der Waals surface area contributed by atoms with Crippen molar-refractivity contribution < 1.29 is 39.5 Å². The van der Waals surface area contributed by atoms with E-state index in [0.717, 1.165) is 0 Å². The fraction of sp³-hybridized carbons (Fsp3) is 0.333. The molecule has 0 aliphatic rings. The van der Waals surface area contributed by atoms with Crippen LogP contribution in [0.1, 0.15) is 6.42 Å². The van der Waals surface area contributed by atoms with E-state index < -0.39 is 5.97 Å². The summed E-state index contributed by atoms with van der Waals surface area (Å²) in [7, 11) is 0. The normalized spacial score (nSPS) is 6.17. The fourth-order valence-corrected chi connectivity index (χ4v) is 0. The fourth-order valence-electron chi connectivity index (χ4n) is 0. The minimum Gasteiger partial charge on any atom is -0.483 e. The Bertz CT molecular complexity index is 44.1. The SMILES string of the molecule is [CH2-]CC(=O)O.[Na+]. The molecule has 0 rings (SSSR count). The first-order chi connectivity index (χ1) is 2.27. The summed E-state index contributed by atoms with van der Waals surface area (Å²) in [6.07, 6.45) is -0.0278. The number of hydrogen-bond acceptors (Lipinski definition) is 1. The third-order valence-corrected chi connectivity index (χ3v) is 0.214. The number of rotatable bonds is 1. The van der Waals surface area contributed by atoms with E-state index in [-0.39, 0.29) is 36.0 Å². The monoisotopic (exact) mass is 96.0 g/mol. The smallest absolute Gasteiger partial charge is 0.483 e. The summed E-state index contributed by atoms with van der Waals surface area (Å²) in [6, 6.07) is 0. The van der Waals surface area contributed by atoms with Gasteiger partial charge in [-0.3, -0.25) is 4.79 Å². The van der Waals surface area contributed by atoms with Crippen LogP contribution in [0.2, 0.25) is 0 Å². The zero-order valence-electron chi connectivity index (χ0n) is 3.77. The van der Waals surface area contributed by atoms with Crippen LogP contribution in [0.4, 0.5) is 0 Å². The Balaban J connectivity index is 0. The van der Waals surface area contributed by atoms with E-state index in [0.29, 0.717) is 0 Å². The molecule has 6 heavy (non-hydrogen) atoms. The maximum absolute atomic E-state index is 9.31. The van der Waals surface area contributed by atoms with Gasteiger partial charge < -0.3 is 12.0 Å². The Morgan fingerprint density at radius 2 is 2.00 bits per heavy atom. The van der Waals surface area contributed by atoms with Crippen LogP contribution in [0.25, 0.3) is 0 Å². The van der Waals surface area contributed by atoms with E-state index >= 15 is 0 Å². The molecule has 2 nitrogen and oxygen atoms in total. The summed E-state index contributed by atoms with van der Waals surface area (Å²) in [5.41, 5.74) is 0. The number of hydrogen-bond donors (Lipinski definition) is 1. The van der Waals surface area contributed by atoms with Crippen LogP contribution in [0.5, 0.6) is 0 Å². The van der Waals surface area contributed by atoms with Crippen molar-refractivity contribution in [1.29, 1.82) is 0 Å². The quantitative estimate of drug-likeness (QED) is 0.285. The van der Waals surface area contributed by atoms with Gasteiger partial charge in [-0.2, -0.15) is 0 Å². The van der Waals surface area contributed by atoms with Crippen LogP contribution in [0, 0.1) is 6.92 Å². The van der Waals surface area contributed by atoms with Gasteiger partial charge in [0.05, 0.1) is 0 Å². The maximum Gasteiger partial charge on any atom is 1.00 e. The molecule has 1 N–H and O–H groups in total. The number of carboxylic acid groups (broad SMARTS) is 1. The summed E-state index contributed by atoms with van der Waals surface area (Å²) < 4.78 is 0. The van der Waals surface area contributed by atoms with Crippen molar-refractivity contribution in [3.63, 3.8) is 0 Å². The van der Waals surface area contributed by atoms with Gasteiger partial charge in [-0.25, -0.2) is 0 Å². The second kappa shape index (κ2) is 5.47. The Morgan fingerprint density at radius 3 is 2.00 bits per heavy atom. The Kier molecular flexibility index (Phi) is 8.83. The second-order valence-corrected chi connectivity index (χ2v) is 0.644. The molecule has 0 aromatic heterocycles. The van der Waals surface area contributed by atoms with Crippen molar-refractivity contribution >= 4 is 5.97 Å². The van der Waals surface area contributed by atoms with Gasteiger partial charge in [0.25, 0.3) is 5.97 Å². The summed E-state index contributed by atoms with van der Waals surface area (Å²) in [4.78, 5) is 9.31. The van der Waals surface area contributed by atoms with E-state index in [1.165, 1.54) is 0 Å². The first kappa shape index (κ1) is 9.69. The molecule has 0 fully saturated rings. The Hall–Kier alpha value is 0.470. The summed E-state index contributed by atoms with van der Waals surface area (Å²) in [5, 5.41) is 7.66. The van der Waals surface area contributed by atoms with Gasteiger partial charge in [-0.1, -0.05) is 6.42 Å². The molecule has 0 saturated heterocycles. The Labute approximate surface area is 58.8 Å². The predicted octanol–water partition coefficient (Wildman–Crippen LogP) is -2.70. The standard InChI is InChI=1S/C3H5O2.Na/c1-2-3(4)5;/h1-2H2,(H,4,5);/q-1;+1. The summed E-state index contributed by atoms with van der Waals surface area (Å²) >= 11 is 0. The van der Waals surface area contributed by atoms with E-state index in [4.69, 9.17) is 5.11 Å². The molecule has 30 valence electrons. The van der Waals surface area contributed by atoms with Gasteiger partial charge in [0.1, 0.15) is 0 Å². The minimum atomic E-state index is -0.856. The molecule has 0 heterocycles. The van der Waals surface area contributed by atoms with Crippen molar-refractivity contribution in [1.82, 2.24) is 0 Å². The average molecular weight is 96.1 g/mol. The van der Waals surface area contributed by atoms with E-state index in [2.05, 4.69) is 6.92 Å². The summed E-state index contributed by atoms with van der Waals surface area (Å²) in [6.45, 7) is 3.09. The molecule has 0 aromatic rings. The van der Waals surface area contributed by atoms with Crippen molar-refractivity contribution in [3.8, 4) is 0 Å². The molecule has 0 atom stereocenters. The van der Waals surface area contributed by atoms with E-state index in [1.807, 2.05) is 0 Å². The molecule has 0 aromatic carbocycles. The minimum absolute atomic E-state index is 0. The first-order valence-electron chi connectivity index (χ1n) is 1.28. The number of carboxylic acids is 1. The molecule has 3 heteroatoms. The van der Waals surface area contributed by atoms with Crippen LogP contribution < -0.4 is 29.6 Å². The van der Waals surface area contributed by atoms with Crippen LogP contribution in [-0.2, 0) is 4.79 Å². The molecule has 0 aliphatic heterocycles. The molecular weight excluding hydrogens is 91.0 g/mol. The largest absolute Gasteiger partial charge is 1.00 e. The van der Waals surface area contributed by atoms with Crippen LogP contribution in [0.15, 0.2) is 0 Å². The van der Waals surface area contributed by atoms with Crippen LogP contribution in [-0.4, -0.2) is 11.1 Å². The molecular formula is C3H5NaO2. The van der Waals surface area contributed by atoms with E-state index in [1.54, 1.807) is 0 Å². The van der Waals surface area contributed by atoms with Crippen LogP contribution in [0.3, 0.4) is 0 Å². The molecule has 0 spiro atoms. The third kappa shape index (κ3) is 8.82. The van der Waals surface area contributed by atoms with Gasteiger partial charge >= 0.3 is 29.6 Å². The van der Waals surface area contributed by atoms with E-state index in [9.17, 15) is 4.79 Å². The average Bonchev–Trinajstić information content (AvgIpc) is 1.38. The topological polar surface area (TPSA) is 37.3 Å². The molecule has 0 unspecified atom stereocenters. The zero-order valence-corrected chi connectivity index (χ0v) is 5.77. The van der Waals surface area contributed by atoms with Crippen molar-refractivity contribution in [2.45, 2.75) is 6.42 Å². The molecule has 0 radical (unpaired) electrons. The number of aliphatic carboxylic acids is 1. The van der Waals surface area contributed by atoms with Gasteiger partial charge in [0.15, 0.2) is 0 Å². The van der Waals surface area contributed by atoms with Gasteiger partial charge in [0.2, 0.25) is 0 Å². The Morgan fingerprint density at radius 1 is 1.83 bits per heavy atom. The second-order valence-electron chi connectivity index (χ2n) is 0.644. The van der Waals surface area contributed by atoms with Crippen molar-refractivity contribution in [3.05, 3.63) is 6.92 Å². The predicted molar refractivity (Wildman–Crippen MR) is 17.6 cm³/mol. The van der Waals surface area contributed by atoms with Gasteiger partial charge in [-0.05, 0) is 0 Å². The number of carbonyl (C=O) groups is 1. The zero-order chi connectivity index (χ0) is 4.28.